The highest BCUT2D eigenvalue weighted by Crippen LogP contribution is 2.35. The molecule has 0 saturated carbocycles. The van der Waals surface area contributed by atoms with Gasteiger partial charge < -0.3 is 4.42 Å². The van der Waals surface area contributed by atoms with Crippen molar-refractivity contribution in [2.45, 2.75) is 16.5 Å². The van der Waals surface area contributed by atoms with Gasteiger partial charge in [0.05, 0.1) is 21.5 Å². The molecular weight excluding hydrogens is 449 g/mol. The van der Waals surface area contributed by atoms with Crippen molar-refractivity contribution in [1.29, 1.82) is 0 Å². The molecule has 1 fully saturated rings. The van der Waals surface area contributed by atoms with Crippen molar-refractivity contribution >= 4 is 63.9 Å². The number of halogens is 2. The first kappa shape index (κ1) is 20.2. The van der Waals surface area contributed by atoms with Gasteiger partial charge in [-0.15, -0.1) is 0 Å². The molecule has 0 radical (unpaired) electrons. The molecule has 0 aliphatic carbocycles. The fourth-order valence-electron chi connectivity index (χ4n) is 2.66. The van der Waals surface area contributed by atoms with Gasteiger partial charge in [0.15, 0.2) is 5.09 Å². The zero-order valence-corrected chi connectivity index (χ0v) is 17.9. The molecule has 3 aromatic rings. The van der Waals surface area contributed by atoms with Crippen LogP contribution in [0.3, 0.4) is 0 Å². The van der Waals surface area contributed by atoms with E-state index in [1.165, 1.54) is 16.7 Å². The van der Waals surface area contributed by atoms with Crippen molar-refractivity contribution in [3.63, 3.8) is 0 Å². The lowest BCUT2D eigenvalue weighted by Gasteiger charge is -2.12. The molecule has 0 atom stereocenters. The van der Waals surface area contributed by atoms with Gasteiger partial charge in [0.2, 0.25) is 0 Å². The number of nitrogens with zero attached hydrogens (tertiary/aromatic N) is 1. The molecule has 8 heteroatoms. The minimum Gasteiger partial charge on any atom is -0.450 e. The highest BCUT2D eigenvalue weighted by molar-refractivity contribution is 8.18. The molecule has 1 aliphatic rings. The summed E-state index contributed by atoms with van der Waals surface area (Å²) in [6.45, 7) is 0.131. The molecule has 2 heterocycles. The predicted octanol–water partition coefficient (Wildman–Crippen LogP) is 6.97. The van der Waals surface area contributed by atoms with Gasteiger partial charge >= 0.3 is 0 Å². The molecule has 0 N–H and O–H groups in total. The smallest absolute Gasteiger partial charge is 0.293 e. The second kappa shape index (κ2) is 8.71. The third-order valence-electron chi connectivity index (χ3n) is 4.04. The number of carbonyl (C=O) groups excluding carboxylic acids is 2. The van der Waals surface area contributed by atoms with Crippen LogP contribution in [0.1, 0.15) is 11.3 Å². The highest BCUT2D eigenvalue weighted by atomic mass is 35.5. The maximum Gasteiger partial charge on any atom is 0.293 e. The number of amides is 2. The van der Waals surface area contributed by atoms with Crippen molar-refractivity contribution in [2.24, 2.45) is 0 Å². The van der Waals surface area contributed by atoms with Crippen LogP contribution in [-0.4, -0.2) is 16.0 Å². The van der Waals surface area contributed by atoms with Gasteiger partial charge in [-0.25, -0.2) is 0 Å². The van der Waals surface area contributed by atoms with Gasteiger partial charge in [0.1, 0.15) is 5.76 Å². The fourth-order valence-corrected chi connectivity index (χ4v) is 4.60. The van der Waals surface area contributed by atoms with E-state index in [4.69, 9.17) is 27.6 Å². The van der Waals surface area contributed by atoms with E-state index in [-0.39, 0.29) is 17.7 Å². The molecule has 2 aromatic carbocycles. The number of thioether (sulfide) groups is 1. The van der Waals surface area contributed by atoms with E-state index >= 15 is 0 Å². The molecule has 29 heavy (non-hydrogen) atoms. The number of hydrogen-bond acceptors (Lipinski definition) is 5. The average Bonchev–Trinajstić information content (AvgIpc) is 3.25. The topological polar surface area (TPSA) is 50.5 Å². The van der Waals surface area contributed by atoms with Gasteiger partial charge in [-0.1, -0.05) is 59.2 Å². The minimum absolute atomic E-state index is 0.131. The van der Waals surface area contributed by atoms with Crippen LogP contribution >= 0.6 is 46.7 Å². The fraction of sp³-hybridized carbons (Fsp3) is 0.0476. The molecular formula is C21H13Cl2NO3S2. The Hall–Kier alpha value is -2.12. The molecule has 4 rings (SSSR count). The number of furan rings is 1. The van der Waals surface area contributed by atoms with Crippen molar-refractivity contribution in [3.8, 4) is 0 Å². The van der Waals surface area contributed by atoms with Crippen LogP contribution in [0.15, 0.2) is 80.0 Å². The summed E-state index contributed by atoms with van der Waals surface area (Å²) in [7, 11) is 0. The third kappa shape index (κ3) is 4.73. The maximum absolute atomic E-state index is 12.7. The standard InChI is InChI=1S/C21H13Cl2NO3S2/c22-16-8-6-13(10-17(16)23)12-24-20(25)18(29-21(24)26)11-14-7-9-19(27-14)28-15-4-2-1-3-5-15/h1-11H,12H2/b18-11-. The molecule has 2 amide bonds. The van der Waals surface area contributed by atoms with Gasteiger partial charge in [-0.05, 0) is 53.7 Å². The summed E-state index contributed by atoms with van der Waals surface area (Å²) in [6.07, 6.45) is 1.59. The maximum atomic E-state index is 12.7. The molecule has 1 aromatic heterocycles. The van der Waals surface area contributed by atoms with Crippen molar-refractivity contribution in [1.82, 2.24) is 4.90 Å². The van der Waals surface area contributed by atoms with Crippen molar-refractivity contribution in [2.75, 3.05) is 0 Å². The van der Waals surface area contributed by atoms with Crippen LogP contribution in [0.4, 0.5) is 4.79 Å². The number of imide groups is 1. The lowest BCUT2D eigenvalue weighted by molar-refractivity contribution is -0.123. The lowest BCUT2D eigenvalue weighted by Crippen LogP contribution is -2.27. The van der Waals surface area contributed by atoms with E-state index in [1.54, 1.807) is 30.3 Å². The number of hydrogen-bond donors (Lipinski definition) is 0. The first-order valence-corrected chi connectivity index (χ1v) is 10.9. The second-order valence-corrected chi connectivity index (χ2v) is 8.97. The van der Waals surface area contributed by atoms with E-state index in [0.717, 1.165) is 22.2 Å². The Balaban J connectivity index is 1.48. The third-order valence-corrected chi connectivity index (χ3v) is 6.61. The normalized spacial score (nSPS) is 15.5. The number of benzene rings is 2. The van der Waals surface area contributed by atoms with Crippen LogP contribution < -0.4 is 0 Å². The molecule has 0 unspecified atom stereocenters. The first-order chi connectivity index (χ1) is 14.0. The molecule has 0 bridgehead atoms. The van der Waals surface area contributed by atoms with Crippen LogP contribution in [0, 0.1) is 0 Å². The SMILES string of the molecule is O=C1S/C(=C\c2ccc(Sc3ccccc3)o2)C(=O)N1Cc1ccc(Cl)c(Cl)c1. The largest absolute Gasteiger partial charge is 0.450 e. The van der Waals surface area contributed by atoms with E-state index in [2.05, 4.69) is 0 Å². The zero-order valence-electron chi connectivity index (χ0n) is 14.8. The van der Waals surface area contributed by atoms with Gasteiger partial charge in [-0.3, -0.25) is 14.5 Å². The summed E-state index contributed by atoms with van der Waals surface area (Å²) >= 11 is 14.3. The predicted molar refractivity (Wildman–Crippen MR) is 117 cm³/mol. The Labute approximate surface area is 185 Å². The summed E-state index contributed by atoms with van der Waals surface area (Å²) in [5.74, 6) is 0.156. The minimum atomic E-state index is -0.361. The second-order valence-electron chi connectivity index (χ2n) is 6.09. The summed E-state index contributed by atoms with van der Waals surface area (Å²) in [5.41, 5.74) is 0.725. The Bertz CT molecular complexity index is 1110. The van der Waals surface area contributed by atoms with Gasteiger partial charge in [0, 0.05) is 11.0 Å². The molecule has 1 aliphatic heterocycles. The molecule has 146 valence electrons. The highest BCUT2D eigenvalue weighted by Gasteiger charge is 2.35. The summed E-state index contributed by atoms with van der Waals surface area (Å²) in [6, 6.07) is 18.5. The van der Waals surface area contributed by atoms with E-state index < -0.39 is 0 Å². The monoisotopic (exact) mass is 461 g/mol. The number of carbonyl (C=O) groups is 2. The lowest BCUT2D eigenvalue weighted by atomic mass is 10.2. The Morgan fingerprint density at radius 3 is 2.55 bits per heavy atom. The van der Waals surface area contributed by atoms with Crippen LogP contribution in [0.2, 0.25) is 10.0 Å². The Morgan fingerprint density at radius 1 is 1.00 bits per heavy atom. The summed E-state index contributed by atoms with van der Waals surface area (Å²) in [5, 5.41) is 1.17. The quantitative estimate of drug-likeness (QED) is 0.383. The molecule has 1 saturated heterocycles. The summed E-state index contributed by atoms with van der Waals surface area (Å²) in [4.78, 5) is 27.6. The van der Waals surface area contributed by atoms with E-state index in [9.17, 15) is 9.59 Å². The van der Waals surface area contributed by atoms with Crippen molar-refractivity contribution < 1.29 is 14.0 Å². The van der Waals surface area contributed by atoms with E-state index in [0.29, 0.717) is 25.8 Å². The van der Waals surface area contributed by atoms with Gasteiger partial charge in [0.25, 0.3) is 11.1 Å². The summed E-state index contributed by atoms with van der Waals surface area (Å²) < 4.78 is 5.77. The first-order valence-electron chi connectivity index (χ1n) is 8.51. The zero-order chi connectivity index (χ0) is 20.4. The molecule has 0 spiro atoms. The van der Waals surface area contributed by atoms with Crippen LogP contribution in [-0.2, 0) is 11.3 Å². The van der Waals surface area contributed by atoms with Crippen molar-refractivity contribution in [3.05, 3.63) is 86.9 Å². The number of rotatable bonds is 5. The average molecular weight is 462 g/mol. The Morgan fingerprint density at radius 2 is 1.79 bits per heavy atom. The molecule has 4 nitrogen and oxygen atoms in total. The van der Waals surface area contributed by atoms with Crippen LogP contribution in [0.25, 0.3) is 6.08 Å². The van der Waals surface area contributed by atoms with Crippen LogP contribution in [0.5, 0.6) is 0 Å². The van der Waals surface area contributed by atoms with Gasteiger partial charge in [-0.2, -0.15) is 0 Å². The Kier molecular flexibility index (Phi) is 6.06. The van der Waals surface area contributed by atoms with E-state index in [1.807, 2.05) is 36.4 Å².